The molecule has 2 aromatic rings. The number of nitrogens with zero attached hydrogens (tertiary/aromatic N) is 1. The van der Waals surface area contributed by atoms with Crippen LogP contribution in [0.25, 0.3) is 0 Å². The first-order valence-electron chi connectivity index (χ1n) is 11.2. The number of thiophene rings is 1. The van der Waals surface area contributed by atoms with Gasteiger partial charge in [0.1, 0.15) is 0 Å². The summed E-state index contributed by atoms with van der Waals surface area (Å²) >= 11 is 1.53. The number of unbranched alkanes of at least 4 members (excludes halogenated alkanes) is 6. The van der Waals surface area contributed by atoms with Gasteiger partial charge >= 0.3 is 0 Å². The second-order valence-electron chi connectivity index (χ2n) is 8.09. The quantitative estimate of drug-likeness (QED) is 0.292. The minimum Gasteiger partial charge on any atom is -0.303 e. The first-order chi connectivity index (χ1) is 13.8. The monoisotopic (exact) mass is 397 g/mol. The Balaban J connectivity index is 1.28. The Bertz CT molecular complexity index is 688. The third-order valence-corrected chi connectivity index (χ3v) is 6.74. The largest absolute Gasteiger partial charge is 0.303 e. The molecule has 28 heavy (non-hydrogen) atoms. The average Bonchev–Trinajstić information content (AvgIpc) is 3.28. The molecule has 1 saturated heterocycles. The van der Waals surface area contributed by atoms with Crippen LogP contribution in [0, 0.1) is 0 Å². The van der Waals surface area contributed by atoms with E-state index in [9.17, 15) is 4.79 Å². The van der Waals surface area contributed by atoms with Crippen LogP contribution in [0.15, 0.2) is 41.8 Å². The van der Waals surface area contributed by atoms with Crippen LogP contribution in [0.5, 0.6) is 0 Å². The molecule has 0 unspecified atom stereocenters. The van der Waals surface area contributed by atoms with E-state index in [4.69, 9.17) is 0 Å². The minimum absolute atomic E-state index is 0.180. The fraction of sp³-hybridized carbons (Fsp3) is 0.560. The number of rotatable bonds is 12. The van der Waals surface area contributed by atoms with Crippen LogP contribution in [0.1, 0.15) is 85.0 Å². The van der Waals surface area contributed by atoms with Crippen molar-refractivity contribution in [3.63, 3.8) is 0 Å². The van der Waals surface area contributed by atoms with Crippen molar-refractivity contribution in [3.8, 4) is 0 Å². The summed E-state index contributed by atoms with van der Waals surface area (Å²) in [6, 6.07) is 12.0. The smallest absolute Gasteiger partial charge is 0.203 e. The highest BCUT2D eigenvalue weighted by Gasteiger charge is 2.13. The standard InChI is InChI=1S/C25H35NOS/c27-25(24-17-13-21-28-24)23-16-9-8-15-22(23)14-7-4-2-1-3-5-10-18-26-19-11-6-12-20-26/h8-9,13,15-17,21H,1-7,10-12,14,18-20H2. The lowest BCUT2D eigenvalue weighted by Gasteiger charge is -2.26. The first-order valence-corrected chi connectivity index (χ1v) is 12.1. The zero-order valence-electron chi connectivity index (χ0n) is 17.2. The summed E-state index contributed by atoms with van der Waals surface area (Å²) in [6.45, 7) is 3.97. The van der Waals surface area contributed by atoms with Crippen molar-refractivity contribution < 1.29 is 4.79 Å². The van der Waals surface area contributed by atoms with E-state index in [1.165, 1.54) is 101 Å². The molecular weight excluding hydrogens is 362 g/mol. The van der Waals surface area contributed by atoms with E-state index in [0.717, 1.165) is 16.9 Å². The van der Waals surface area contributed by atoms with Crippen LogP contribution in [-0.2, 0) is 6.42 Å². The number of carbonyl (C=O) groups is 1. The second kappa shape index (κ2) is 12.2. The molecule has 1 fully saturated rings. The highest BCUT2D eigenvalue weighted by molar-refractivity contribution is 7.12. The van der Waals surface area contributed by atoms with Crippen molar-refractivity contribution in [2.75, 3.05) is 19.6 Å². The molecule has 0 N–H and O–H groups in total. The summed E-state index contributed by atoms with van der Waals surface area (Å²) in [5.41, 5.74) is 2.10. The van der Waals surface area contributed by atoms with Gasteiger partial charge in [0, 0.05) is 5.56 Å². The summed E-state index contributed by atoms with van der Waals surface area (Å²) in [4.78, 5) is 16.2. The number of aryl methyl sites for hydroxylation is 1. The van der Waals surface area contributed by atoms with Crippen LogP contribution in [0.2, 0.25) is 0 Å². The lowest BCUT2D eigenvalue weighted by Crippen LogP contribution is -2.30. The van der Waals surface area contributed by atoms with Crippen LogP contribution in [0.4, 0.5) is 0 Å². The highest BCUT2D eigenvalue weighted by Crippen LogP contribution is 2.20. The molecule has 2 heterocycles. The predicted molar refractivity (Wildman–Crippen MR) is 121 cm³/mol. The summed E-state index contributed by atoms with van der Waals surface area (Å²) in [7, 11) is 0. The summed E-state index contributed by atoms with van der Waals surface area (Å²) in [6.07, 6.45) is 14.5. The lowest BCUT2D eigenvalue weighted by atomic mass is 9.97. The molecule has 2 nitrogen and oxygen atoms in total. The van der Waals surface area contributed by atoms with Crippen LogP contribution in [0.3, 0.4) is 0 Å². The molecule has 0 amide bonds. The summed E-state index contributed by atoms with van der Waals surface area (Å²) in [5.74, 6) is 0.180. The molecule has 1 aliphatic heterocycles. The van der Waals surface area contributed by atoms with Gasteiger partial charge in [-0.25, -0.2) is 0 Å². The van der Waals surface area contributed by atoms with Crippen molar-refractivity contribution in [2.45, 2.75) is 70.6 Å². The number of benzene rings is 1. The van der Waals surface area contributed by atoms with E-state index in [1.54, 1.807) is 0 Å². The maximum Gasteiger partial charge on any atom is 0.203 e. The minimum atomic E-state index is 0.180. The molecule has 1 aliphatic rings. The Morgan fingerprint density at radius 1 is 0.821 bits per heavy atom. The van der Waals surface area contributed by atoms with Crippen molar-refractivity contribution in [1.82, 2.24) is 4.90 Å². The highest BCUT2D eigenvalue weighted by atomic mass is 32.1. The van der Waals surface area contributed by atoms with Crippen LogP contribution in [-0.4, -0.2) is 30.3 Å². The zero-order chi connectivity index (χ0) is 19.4. The third-order valence-electron chi connectivity index (χ3n) is 5.88. The van der Waals surface area contributed by atoms with Crippen LogP contribution >= 0.6 is 11.3 Å². The normalized spacial score (nSPS) is 15.0. The number of hydrogen-bond donors (Lipinski definition) is 0. The predicted octanol–water partition coefficient (Wildman–Crippen LogP) is 6.74. The molecule has 1 aromatic heterocycles. The van der Waals surface area contributed by atoms with Gasteiger partial charge in [0.2, 0.25) is 5.78 Å². The van der Waals surface area contributed by atoms with Crippen molar-refractivity contribution in [2.24, 2.45) is 0 Å². The van der Waals surface area contributed by atoms with Gasteiger partial charge in [0.15, 0.2) is 0 Å². The molecule has 3 heteroatoms. The van der Waals surface area contributed by atoms with Gasteiger partial charge in [-0.2, -0.15) is 0 Å². The lowest BCUT2D eigenvalue weighted by molar-refractivity contribution is 0.104. The Morgan fingerprint density at radius 2 is 1.54 bits per heavy atom. The van der Waals surface area contributed by atoms with Crippen molar-refractivity contribution >= 4 is 17.1 Å². The van der Waals surface area contributed by atoms with Gasteiger partial charge in [-0.05, 0) is 68.7 Å². The molecule has 0 atom stereocenters. The molecule has 152 valence electrons. The molecule has 0 bridgehead atoms. The average molecular weight is 398 g/mol. The Kier molecular flexibility index (Phi) is 9.25. The van der Waals surface area contributed by atoms with E-state index >= 15 is 0 Å². The number of likely N-dealkylation sites (tertiary alicyclic amines) is 1. The Labute approximate surface area is 175 Å². The topological polar surface area (TPSA) is 20.3 Å². The fourth-order valence-corrected chi connectivity index (χ4v) is 4.90. The van der Waals surface area contributed by atoms with Gasteiger partial charge in [-0.15, -0.1) is 11.3 Å². The van der Waals surface area contributed by atoms with Gasteiger partial charge in [0.25, 0.3) is 0 Å². The number of ketones is 1. The SMILES string of the molecule is O=C(c1cccs1)c1ccccc1CCCCCCCCCN1CCCCC1. The molecule has 0 spiro atoms. The molecule has 0 radical (unpaired) electrons. The molecule has 0 aliphatic carbocycles. The number of carbonyl (C=O) groups excluding carboxylic acids is 1. The third kappa shape index (κ3) is 6.86. The number of hydrogen-bond acceptors (Lipinski definition) is 3. The van der Waals surface area contributed by atoms with Gasteiger partial charge in [-0.1, -0.05) is 68.9 Å². The molecular formula is C25H35NOS. The maximum absolute atomic E-state index is 12.7. The zero-order valence-corrected chi connectivity index (χ0v) is 18.0. The Hall–Kier alpha value is -1.45. The van der Waals surface area contributed by atoms with E-state index in [1.807, 2.05) is 29.6 Å². The van der Waals surface area contributed by atoms with Gasteiger partial charge in [-0.3, -0.25) is 4.79 Å². The van der Waals surface area contributed by atoms with Crippen LogP contribution < -0.4 is 0 Å². The molecule has 0 saturated carbocycles. The van der Waals surface area contributed by atoms with E-state index in [2.05, 4.69) is 17.0 Å². The molecule has 3 rings (SSSR count). The van der Waals surface area contributed by atoms with E-state index in [-0.39, 0.29) is 5.78 Å². The van der Waals surface area contributed by atoms with E-state index in [0.29, 0.717) is 0 Å². The van der Waals surface area contributed by atoms with Gasteiger partial charge < -0.3 is 4.90 Å². The van der Waals surface area contributed by atoms with Crippen molar-refractivity contribution in [3.05, 3.63) is 57.8 Å². The molecule has 1 aromatic carbocycles. The fourth-order valence-electron chi connectivity index (χ4n) is 4.22. The maximum atomic E-state index is 12.7. The van der Waals surface area contributed by atoms with E-state index < -0.39 is 0 Å². The summed E-state index contributed by atoms with van der Waals surface area (Å²) in [5, 5.41) is 1.97. The van der Waals surface area contributed by atoms with Crippen molar-refractivity contribution in [1.29, 1.82) is 0 Å². The Morgan fingerprint density at radius 3 is 2.29 bits per heavy atom. The summed E-state index contributed by atoms with van der Waals surface area (Å²) < 4.78 is 0. The number of piperidine rings is 1. The van der Waals surface area contributed by atoms with Gasteiger partial charge in [0.05, 0.1) is 4.88 Å². The first kappa shape index (κ1) is 21.3. The second-order valence-corrected chi connectivity index (χ2v) is 9.04.